The Morgan fingerprint density at radius 2 is 1.92 bits per heavy atom. The molecule has 3 rings (SSSR count). The second-order valence-corrected chi connectivity index (χ2v) is 6.95. The minimum absolute atomic E-state index is 0.00218. The van der Waals surface area contributed by atoms with Gasteiger partial charge in [0.25, 0.3) is 0 Å². The van der Waals surface area contributed by atoms with Crippen LogP contribution >= 0.6 is 11.3 Å². The molecule has 1 aromatic carbocycles. The van der Waals surface area contributed by atoms with Crippen molar-refractivity contribution in [2.24, 2.45) is 0 Å². The number of anilines is 1. The van der Waals surface area contributed by atoms with Crippen molar-refractivity contribution in [3.63, 3.8) is 0 Å². The Bertz CT molecular complexity index is 711. The summed E-state index contributed by atoms with van der Waals surface area (Å²) in [7, 11) is 0. The third kappa shape index (κ3) is 5.37. The van der Waals surface area contributed by atoms with Gasteiger partial charge in [0.05, 0.1) is 13.2 Å². The van der Waals surface area contributed by atoms with Gasteiger partial charge in [-0.05, 0) is 5.56 Å². The summed E-state index contributed by atoms with van der Waals surface area (Å²) in [5.41, 5.74) is 1.21. The zero-order valence-electron chi connectivity index (χ0n) is 13.9. The van der Waals surface area contributed by atoms with E-state index in [1.807, 2.05) is 18.2 Å². The maximum absolute atomic E-state index is 12.0. The van der Waals surface area contributed by atoms with Crippen molar-refractivity contribution in [1.82, 2.24) is 9.88 Å². The van der Waals surface area contributed by atoms with E-state index in [4.69, 9.17) is 4.74 Å². The lowest BCUT2D eigenvalue weighted by Gasteiger charge is -2.26. The van der Waals surface area contributed by atoms with E-state index in [1.54, 1.807) is 11.1 Å². The predicted molar refractivity (Wildman–Crippen MR) is 96.6 cm³/mol. The minimum atomic E-state index is -0.178. The normalized spacial score (nSPS) is 14.3. The molecule has 2 amide bonds. The van der Waals surface area contributed by atoms with Gasteiger partial charge in [0.1, 0.15) is 0 Å². The summed E-state index contributed by atoms with van der Waals surface area (Å²) in [6.07, 6.45) is 2.97. The number of nitrogens with one attached hydrogen (secondary N) is 1. The van der Waals surface area contributed by atoms with E-state index >= 15 is 0 Å². The molecule has 6 nitrogen and oxygen atoms in total. The van der Waals surface area contributed by atoms with Crippen molar-refractivity contribution in [1.29, 1.82) is 0 Å². The van der Waals surface area contributed by atoms with Crippen molar-refractivity contribution >= 4 is 28.3 Å². The van der Waals surface area contributed by atoms with E-state index < -0.39 is 0 Å². The Morgan fingerprint density at radius 3 is 2.68 bits per heavy atom. The van der Waals surface area contributed by atoms with Gasteiger partial charge in [0.2, 0.25) is 11.8 Å². The third-order valence-corrected chi connectivity index (χ3v) is 4.86. The molecule has 1 aromatic heterocycles. The molecule has 0 unspecified atom stereocenters. The molecule has 0 saturated carbocycles. The highest BCUT2D eigenvalue weighted by Gasteiger charge is 2.18. The van der Waals surface area contributed by atoms with Gasteiger partial charge < -0.3 is 15.0 Å². The van der Waals surface area contributed by atoms with Gasteiger partial charge in [-0.15, -0.1) is 11.3 Å². The van der Waals surface area contributed by atoms with E-state index in [-0.39, 0.29) is 24.7 Å². The van der Waals surface area contributed by atoms with Crippen LogP contribution in [0.1, 0.15) is 23.3 Å². The number of benzene rings is 1. The molecule has 0 aliphatic carbocycles. The lowest BCUT2D eigenvalue weighted by atomic mass is 10.1. The van der Waals surface area contributed by atoms with Crippen LogP contribution in [-0.2, 0) is 20.7 Å². The van der Waals surface area contributed by atoms with Gasteiger partial charge >= 0.3 is 0 Å². The molecule has 1 aliphatic heterocycles. The molecule has 0 spiro atoms. The molecule has 1 fully saturated rings. The molecule has 2 aromatic rings. The first kappa shape index (κ1) is 17.6. The molecular weight excluding hydrogens is 338 g/mol. The van der Waals surface area contributed by atoms with Gasteiger partial charge in [-0.1, -0.05) is 30.3 Å². The monoisotopic (exact) mass is 359 g/mol. The van der Waals surface area contributed by atoms with Crippen LogP contribution in [0.3, 0.4) is 0 Å². The van der Waals surface area contributed by atoms with Gasteiger partial charge in [0.15, 0.2) is 5.13 Å². The zero-order valence-corrected chi connectivity index (χ0v) is 14.8. The van der Waals surface area contributed by atoms with Crippen LogP contribution in [0.2, 0.25) is 0 Å². The van der Waals surface area contributed by atoms with Crippen LogP contribution in [0, 0.1) is 0 Å². The van der Waals surface area contributed by atoms with Crippen LogP contribution in [0.5, 0.6) is 0 Å². The molecule has 2 heterocycles. The maximum atomic E-state index is 12.0. The van der Waals surface area contributed by atoms with Crippen molar-refractivity contribution in [3.8, 4) is 0 Å². The van der Waals surface area contributed by atoms with Gasteiger partial charge in [-0.25, -0.2) is 4.98 Å². The second-order valence-electron chi connectivity index (χ2n) is 5.84. The molecular formula is C18H21N3O3S. The third-order valence-electron chi connectivity index (χ3n) is 3.95. The molecule has 25 heavy (non-hydrogen) atoms. The largest absolute Gasteiger partial charge is 0.378 e. The smallest absolute Gasteiger partial charge is 0.226 e. The molecule has 132 valence electrons. The Labute approximate surface area is 150 Å². The Balaban J connectivity index is 1.44. The van der Waals surface area contributed by atoms with E-state index in [1.165, 1.54) is 16.9 Å². The Kier molecular flexibility index (Phi) is 6.14. The summed E-state index contributed by atoms with van der Waals surface area (Å²) < 4.78 is 5.22. The Morgan fingerprint density at radius 1 is 1.16 bits per heavy atom. The SMILES string of the molecule is O=C(CCC(=O)N1CCOCC1)Nc1ncc(Cc2ccccc2)s1. The number of thiazole rings is 1. The molecule has 7 heteroatoms. The average Bonchev–Trinajstić information content (AvgIpc) is 3.08. The molecule has 0 atom stereocenters. The van der Waals surface area contributed by atoms with E-state index in [2.05, 4.69) is 22.4 Å². The number of morpholine rings is 1. The second kappa shape index (κ2) is 8.73. The van der Waals surface area contributed by atoms with E-state index in [0.717, 1.165) is 11.3 Å². The predicted octanol–water partition coefficient (Wildman–Crippen LogP) is 2.31. The fourth-order valence-corrected chi connectivity index (χ4v) is 3.48. The first-order valence-electron chi connectivity index (χ1n) is 8.35. The van der Waals surface area contributed by atoms with Crippen LogP contribution in [0.4, 0.5) is 5.13 Å². The number of amides is 2. The molecule has 0 radical (unpaired) electrons. The lowest BCUT2D eigenvalue weighted by Crippen LogP contribution is -2.40. The number of ether oxygens (including phenoxy) is 1. The van der Waals surface area contributed by atoms with Crippen molar-refractivity contribution in [3.05, 3.63) is 47.0 Å². The quantitative estimate of drug-likeness (QED) is 0.859. The molecule has 1 N–H and O–H groups in total. The summed E-state index contributed by atoms with van der Waals surface area (Å²) in [4.78, 5) is 31.1. The van der Waals surface area contributed by atoms with Crippen molar-refractivity contribution in [2.45, 2.75) is 19.3 Å². The number of carbonyl (C=O) groups is 2. The van der Waals surface area contributed by atoms with Crippen LogP contribution in [0.25, 0.3) is 0 Å². The molecule has 0 bridgehead atoms. The number of hydrogen-bond donors (Lipinski definition) is 1. The fourth-order valence-electron chi connectivity index (χ4n) is 2.62. The first-order valence-corrected chi connectivity index (χ1v) is 9.16. The van der Waals surface area contributed by atoms with Crippen molar-refractivity contribution < 1.29 is 14.3 Å². The highest BCUT2D eigenvalue weighted by atomic mass is 32.1. The van der Waals surface area contributed by atoms with Crippen LogP contribution in [-0.4, -0.2) is 48.0 Å². The summed E-state index contributed by atoms with van der Waals surface area (Å²) in [6, 6.07) is 10.1. The van der Waals surface area contributed by atoms with E-state index in [9.17, 15) is 9.59 Å². The summed E-state index contributed by atoms with van der Waals surface area (Å²) in [5, 5.41) is 3.36. The lowest BCUT2D eigenvalue weighted by molar-refractivity contribution is -0.136. The molecule has 1 saturated heterocycles. The number of carbonyl (C=O) groups excluding carboxylic acids is 2. The minimum Gasteiger partial charge on any atom is -0.378 e. The van der Waals surface area contributed by atoms with Crippen LogP contribution in [0.15, 0.2) is 36.5 Å². The highest BCUT2D eigenvalue weighted by Crippen LogP contribution is 2.21. The summed E-state index contributed by atoms with van der Waals surface area (Å²) in [6.45, 7) is 2.36. The number of aromatic nitrogens is 1. The van der Waals surface area contributed by atoms with Crippen molar-refractivity contribution in [2.75, 3.05) is 31.6 Å². The highest BCUT2D eigenvalue weighted by molar-refractivity contribution is 7.15. The number of hydrogen-bond acceptors (Lipinski definition) is 5. The van der Waals surface area contributed by atoms with Gasteiger partial charge in [-0.3, -0.25) is 9.59 Å². The maximum Gasteiger partial charge on any atom is 0.226 e. The van der Waals surface area contributed by atoms with Crippen LogP contribution < -0.4 is 5.32 Å². The summed E-state index contributed by atoms with van der Waals surface area (Å²) >= 11 is 1.46. The van der Waals surface area contributed by atoms with E-state index in [0.29, 0.717) is 31.4 Å². The standard InChI is InChI=1S/C18H21N3O3S/c22-16(6-7-17(23)21-8-10-24-11-9-21)20-18-19-13-15(25-18)12-14-4-2-1-3-5-14/h1-5,13H,6-12H2,(H,19,20,22). The first-order chi connectivity index (χ1) is 12.2. The molecule has 1 aliphatic rings. The Hall–Kier alpha value is -2.25. The average molecular weight is 359 g/mol. The number of nitrogens with zero attached hydrogens (tertiary/aromatic N) is 2. The number of rotatable bonds is 6. The topological polar surface area (TPSA) is 71.5 Å². The van der Waals surface area contributed by atoms with Gasteiger partial charge in [0, 0.05) is 43.4 Å². The fraction of sp³-hybridized carbons (Fsp3) is 0.389. The zero-order chi connectivity index (χ0) is 17.5. The summed E-state index contributed by atoms with van der Waals surface area (Å²) in [5.74, 6) is -0.176. The van der Waals surface area contributed by atoms with Gasteiger partial charge in [-0.2, -0.15) is 0 Å².